The van der Waals surface area contributed by atoms with Crippen LogP contribution >= 0.6 is 11.3 Å². The normalized spacial score (nSPS) is 20.0. The van der Waals surface area contributed by atoms with E-state index in [-0.39, 0.29) is 12.0 Å². The van der Waals surface area contributed by atoms with Gasteiger partial charge < -0.3 is 15.2 Å². The summed E-state index contributed by atoms with van der Waals surface area (Å²) in [5.74, 6) is -2.93. The number of hydrogen-bond acceptors (Lipinski definition) is 5. The van der Waals surface area contributed by atoms with Gasteiger partial charge in [0, 0.05) is 4.88 Å². The van der Waals surface area contributed by atoms with Gasteiger partial charge in [0.1, 0.15) is 5.00 Å². The maximum absolute atomic E-state index is 12.8. The molecule has 0 aromatic carbocycles. The molecule has 0 radical (unpaired) electrons. The van der Waals surface area contributed by atoms with Crippen LogP contribution in [0.25, 0.3) is 0 Å². The van der Waals surface area contributed by atoms with Crippen LogP contribution in [0.15, 0.2) is 0 Å². The van der Waals surface area contributed by atoms with Crippen LogP contribution in [0.1, 0.15) is 67.3 Å². The molecule has 0 unspecified atom stereocenters. The van der Waals surface area contributed by atoms with Gasteiger partial charge >= 0.3 is 11.9 Å². The number of carbonyl (C=O) groups excluding carboxylic acids is 2. The molecule has 1 aliphatic carbocycles. The van der Waals surface area contributed by atoms with E-state index in [1.807, 2.05) is 13.8 Å². The second kappa shape index (κ2) is 8.66. The van der Waals surface area contributed by atoms with Gasteiger partial charge in [-0.1, -0.05) is 19.8 Å². The number of amides is 1. The summed E-state index contributed by atoms with van der Waals surface area (Å²) >= 11 is 1.34. The number of thiophene rings is 1. The Morgan fingerprint density at radius 2 is 1.85 bits per heavy atom. The fourth-order valence-corrected chi connectivity index (χ4v) is 4.66. The number of rotatable bonds is 6. The monoisotopic (exact) mass is 381 g/mol. The van der Waals surface area contributed by atoms with Crippen LogP contribution in [0.4, 0.5) is 5.00 Å². The molecule has 2 N–H and O–H groups in total. The van der Waals surface area contributed by atoms with E-state index in [4.69, 9.17) is 4.74 Å². The first-order valence-electron chi connectivity index (χ1n) is 9.13. The summed E-state index contributed by atoms with van der Waals surface area (Å²) in [4.78, 5) is 37.7. The molecule has 26 heavy (non-hydrogen) atoms. The van der Waals surface area contributed by atoms with E-state index in [9.17, 15) is 19.5 Å². The summed E-state index contributed by atoms with van der Waals surface area (Å²) in [5.41, 5.74) is 1.27. The Morgan fingerprint density at radius 1 is 1.23 bits per heavy atom. The maximum atomic E-state index is 12.8. The van der Waals surface area contributed by atoms with Crippen LogP contribution < -0.4 is 5.32 Å². The Kier molecular flexibility index (Phi) is 6.81. The number of carboxylic acid groups (broad SMARTS) is 1. The molecule has 0 aliphatic heterocycles. The minimum absolute atomic E-state index is 0.259. The fraction of sp³-hybridized carbons (Fsp3) is 0.632. The lowest BCUT2D eigenvalue weighted by Crippen LogP contribution is -2.36. The summed E-state index contributed by atoms with van der Waals surface area (Å²) in [7, 11) is 0. The zero-order valence-electron chi connectivity index (χ0n) is 15.8. The predicted octanol–water partition coefficient (Wildman–Crippen LogP) is 4.01. The molecular formula is C19H27NO5S. The molecule has 2 rings (SSSR count). The summed E-state index contributed by atoms with van der Waals surface area (Å²) in [5, 5.41) is 12.7. The summed E-state index contributed by atoms with van der Waals surface area (Å²) in [6.45, 7) is 7.42. The van der Waals surface area contributed by atoms with Crippen molar-refractivity contribution < 1.29 is 24.2 Å². The molecule has 1 aromatic rings. The number of nitrogens with one attached hydrogen (secondary N) is 1. The third kappa shape index (κ3) is 4.44. The number of aryl methyl sites for hydroxylation is 1. The lowest BCUT2D eigenvalue weighted by Gasteiger charge is -2.27. The smallest absolute Gasteiger partial charge is 0.341 e. The Labute approximate surface area is 157 Å². The molecule has 144 valence electrons. The molecule has 2 atom stereocenters. The zero-order valence-corrected chi connectivity index (χ0v) is 16.6. The van der Waals surface area contributed by atoms with Gasteiger partial charge in [-0.05, 0) is 45.6 Å². The zero-order chi connectivity index (χ0) is 19.4. The van der Waals surface area contributed by atoms with E-state index in [0.717, 1.165) is 23.3 Å². The third-order valence-corrected chi connectivity index (χ3v) is 5.83. The molecule has 1 heterocycles. The largest absolute Gasteiger partial charge is 0.481 e. The van der Waals surface area contributed by atoms with Crippen LogP contribution in [0.2, 0.25) is 0 Å². The number of esters is 1. The second-order valence-electron chi connectivity index (χ2n) is 6.97. The van der Waals surface area contributed by atoms with E-state index in [1.54, 1.807) is 13.8 Å². The van der Waals surface area contributed by atoms with Crippen molar-refractivity contribution in [2.45, 2.75) is 65.9 Å². The Hall–Kier alpha value is -1.89. The van der Waals surface area contributed by atoms with Crippen LogP contribution in [0, 0.1) is 18.8 Å². The molecule has 0 spiro atoms. The van der Waals surface area contributed by atoms with Crippen molar-refractivity contribution in [1.82, 2.24) is 0 Å². The van der Waals surface area contributed by atoms with Crippen LogP contribution in [0.5, 0.6) is 0 Å². The maximum Gasteiger partial charge on any atom is 0.341 e. The van der Waals surface area contributed by atoms with Crippen LogP contribution in [-0.4, -0.2) is 29.1 Å². The standard InChI is InChI=1S/C19H27NO5S/c1-5-12-11(4)26-17(15(12)19(24)25-10(2)3)20-16(21)13-8-6-7-9-14(13)18(22)23/h10,13-14H,5-9H2,1-4H3,(H,20,21)(H,22,23)/t13-,14-/m1/s1. The van der Waals surface area contributed by atoms with Crippen molar-refractivity contribution in [3.8, 4) is 0 Å². The molecule has 1 saturated carbocycles. The second-order valence-corrected chi connectivity index (χ2v) is 8.20. The number of carbonyl (C=O) groups is 3. The molecule has 1 aliphatic rings. The molecular weight excluding hydrogens is 354 g/mol. The van der Waals surface area contributed by atoms with Gasteiger partial charge in [-0.25, -0.2) is 4.79 Å². The van der Waals surface area contributed by atoms with E-state index >= 15 is 0 Å². The van der Waals surface area contributed by atoms with E-state index in [1.165, 1.54) is 11.3 Å². The van der Waals surface area contributed by atoms with Crippen molar-refractivity contribution >= 4 is 34.2 Å². The molecule has 6 nitrogen and oxygen atoms in total. The quantitative estimate of drug-likeness (QED) is 0.726. The number of ether oxygens (including phenoxy) is 1. The molecule has 1 fully saturated rings. The highest BCUT2D eigenvalue weighted by Crippen LogP contribution is 2.36. The van der Waals surface area contributed by atoms with Gasteiger partial charge in [-0.3, -0.25) is 9.59 Å². The highest BCUT2D eigenvalue weighted by atomic mass is 32.1. The van der Waals surface area contributed by atoms with Gasteiger partial charge in [-0.2, -0.15) is 0 Å². The number of aliphatic carboxylic acids is 1. The predicted molar refractivity (Wildman–Crippen MR) is 101 cm³/mol. The van der Waals surface area contributed by atoms with Crippen molar-refractivity contribution in [3.63, 3.8) is 0 Å². The fourth-order valence-electron chi connectivity index (χ4n) is 3.53. The SMILES string of the molecule is CCc1c(C)sc(NC(=O)[C@@H]2CCCC[C@H]2C(=O)O)c1C(=O)OC(C)C. The van der Waals surface area contributed by atoms with Gasteiger partial charge in [0.15, 0.2) is 0 Å². The van der Waals surface area contributed by atoms with Crippen molar-refractivity contribution in [3.05, 3.63) is 16.0 Å². The number of anilines is 1. The van der Waals surface area contributed by atoms with Gasteiger partial charge in [0.2, 0.25) is 5.91 Å². The third-order valence-electron chi connectivity index (χ3n) is 4.77. The first-order chi connectivity index (χ1) is 12.3. The number of carboxylic acids is 1. The minimum Gasteiger partial charge on any atom is -0.481 e. The lowest BCUT2D eigenvalue weighted by molar-refractivity contribution is -0.147. The lowest BCUT2D eigenvalue weighted by atomic mass is 9.79. The first-order valence-corrected chi connectivity index (χ1v) is 9.94. The van der Waals surface area contributed by atoms with Crippen LogP contribution in [-0.2, 0) is 20.7 Å². The molecule has 1 aromatic heterocycles. The van der Waals surface area contributed by atoms with E-state index in [0.29, 0.717) is 29.8 Å². The Morgan fingerprint density at radius 3 is 2.38 bits per heavy atom. The van der Waals surface area contributed by atoms with Crippen LogP contribution in [0.3, 0.4) is 0 Å². The molecule has 0 saturated heterocycles. The molecule has 7 heteroatoms. The average molecular weight is 381 g/mol. The van der Waals surface area contributed by atoms with Crippen molar-refractivity contribution in [2.24, 2.45) is 11.8 Å². The highest BCUT2D eigenvalue weighted by molar-refractivity contribution is 7.16. The minimum atomic E-state index is -0.930. The Bertz CT molecular complexity index is 694. The molecule has 1 amide bonds. The number of hydrogen-bond donors (Lipinski definition) is 2. The van der Waals surface area contributed by atoms with E-state index < -0.39 is 23.8 Å². The highest BCUT2D eigenvalue weighted by Gasteiger charge is 2.36. The topological polar surface area (TPSA) is 92.7 Å². The molecule has 0 bridgehead atoms. The van der Waals surface area contributed by atoms with Gasteiger partial charge in [0.25, 0.3) is 0 Å². The summed E-state index contributed by atoms with van der Waals surface area (Å²) in [6.07, 6.45) is 3.13. The van der Waals surface area contributed by atoms with Crippen molar-refractivity contribution in [2.75, 3.05) is 5.32 Å². The Balaban J connectivity index is 2.29. The van der Waals surface area contributed by atoms with Gasteiger partial charge in [0.05, 0.1) is 23.5 Å². The van der Waals surface area contributed by atoms with E-state index in [2.05, 4.69) is 5.32 Å². The summed E-state index contributed by atoms with van der Waals surface area (Å²) < 4.78 is 5.34. The van der Waals surface area contributed by atoms with Gasteiger partial charge in [-0.15, -0.1) is 11.3 Å². The average Bonchev–Trinajstić information content (AvgIpc) is 2.89. The summed E-state index contributed by atoms with van der Waals surface area (Å²) in [6, 6.07) is 0. The van der Waals surface area contributed by atoms with Crippen molar-refractivity contribution in [1.29, 1.82) is 0 Å². The first kappa shape index (κ1) is 20.4.